The highest BCUT2D eigenvalue weighted by Crippen LogP contribution is 2.24. The maximum atomic E-state index is 12.7. The molecule has 3 aromatic carbocycles. The van der Waals surface area contributed by atoms with E-state index in [0.29, 0.717) is 23.6 Å². The maximum Gasteiger partial charge on any atom is 0.376 e. The normalized spacial score (nSPS) is 10.4. The van der Waals surface area contributed by atoms with Crippen LogP contribution in [0.15, 0.2) is 78.9 Å². The number of carbonyl (C=O) groups is 1. The summed E-state index contributed by atoms with van der Waals surface area (Å²) in [6, 6.07) is 27.2. The fourth-order valence-corrected chi connectivity index (χ4v) is 3.98. The molecule has 1 heterocycles. The molecule has 35 heavy (non-hydrogen) atoms. The SMILES string of the molecule is CCCCc1n[n+](CC(=O)c2ccccc2)c(N)n1Cc1ccc(-c2ccccc2C#N)cc1.[Br-]. The minimum Gasteiger partial charge on any atom is -1.00 e. The zero-order chi connectivity index (χ0) is 23.9. The van der Waals surface area contributed by atoms with Crippen LogP contribution in [0.5, 0.6) is 0 Å². The molecule has 7 heteroatoms. The number of unbranched alkanes of at least 4 members (excludes halogenated alkanes) is 1. The van der Waals surface area contributed by atoms with Gasteiger partial charge in [-0.3, -0.25) is 10.5 Å². The fraction of sp³-hybridized carbons (Fsp3) is 0.214. The lowest BCUT2D eigenvalue weighted by Gasteiger charge is -2.07. The van der Waals surface area contributed by atoms with Crippen molar-refractivity contribution in [3.8, 4) is 17.2 Å². The number of nitrogens with two attached hydrogens (primary N) is 1. The standard InChI is InChI=1S/C28H27N5O.BrH/c1-2-3-13-27-31-33(20-26(34)23-9-5-4-6-10-23)28(30)32(27)19-21-14-16-22(17-15-21)25-12-8-7-11-24(25)18-29;/h4-12,14-17,30H,2-3,13,19-20H2,1H3;1H. The first-order chi connectivity index (χ1) is 16.6. The topological polar surface area (TPSA) is 88.6 Å². The summed E-state index contributed by atoms with van der Waals surface area (Å²) < 4.78 is 3.60. The summed E-state index contributed by atoms with van der Waals surface area (Å²) in [5.74, 6) is 1.32. The number of ketones is 1. The monoisotopic (exact) mass is 529 g/mol. The molecule has 0 saturated carbocycles. The lowest BCUT2D eigenvalue weighted by atomic mass is 9.99. The molecular weight excluding hydrogens is 502 g/mol. The van der Waals surface area contributed by atoms with Gasteiger partial charge in [-0.1, -0.05) is 91.2 Å². The molecule has 0 unspecified atom stereocenters. The third kappa shape index (κ3) is 6.03. The Bertz CT molecular complexity index is 1320. The van der Waals surface area contributed by atoms with E-state index in [1.165, 1.54) is 0 Å². The zero-order valence-electron chi connectivity index (χ0n) is 19.7. The van der Waals surface area contributed by atoms with E-state index in [1.54, 1.807) is 16.8 Å². The lowest BCUT2D eigenvalue weighted by molar-refractivity contribution is -0.725. The highest BCUT2D eigenvalue weighted by molar-refractivity contribution is 5.95. The van der Waals surface area contributed by atoms with Crippen LogP contribution < -0.4 is 27.4 Å². The molecule has 2 N–H and O–H groups in total. The van der Waals surface area contributed by atoms with E-state index in [1.807, 2.05) is 71.3 Å². The van der Waals surface area contributed by atoms with Gasteiger partial charge in [0.25, 0.3) is 0 Å². The second-order valence-electron chi connectivity index (χ2n) is 8.27. The van der Waals surface area contributed by atoms with Crippen LogP contribution in [0, 0.1) is 11.3 Å². The van der Waals surface area contributed by atoms with Crippen LogP contribution in [-0.4, -0.2) is 15.4 Å². The van der Waals surface area contributed by atoms with Crippen molar-refractivity contribution in [3.63, 3.8) is 0 Å². The molecule has 0 radical (unpaired) electrons. The Morgan fingerprint density at radius 2 is 1.71 bits per heavy atom. The molecule has 0 aliphatic heterocycles. The molecule has 0 saturated heterocycles. The molecule has 6 nitrogen and oxygen atoms in total. The molecule has 4 aromatic rings. The van der Waals surface area contributed by atoms with Gasteiger partial charge in [0.2, 0.25) is 5.82 Å². The van der Waals surface area contributed by atoms with E-state index in [0.717, 1.165) is 41.8 Å². The minimum atomic E-state index is -0.0236. The van der Waals surface area contributed by atoms with Gasteiger partial charge in [-0.2, -0.15) is 5.26 Å². The number of Topliss-reactive ketones (excluding diaryl/α,β-unsaturated/α-hetero) is 1. The quantitative estimate of drug-likeness (QED) is 0.263. The largest absolute Gasteiger partial charge is 1.00 e. The van der Waals surface area contributed by atoms with Crippen LogP contribution in [0.25, 0.3) is 11.1 Å². The van der Waals surface area contributed by atoms with Crippen molar-refractivity contribution in [1.29, 1.82) is 5.26 Å². The molecule has 0 fully saturated rings. The van der Waals surface area contributed by atoms with Gasteiger partial charge in [0, 0.05) is 12.0 Å². The number of halogens is 1. The highest BCUT2D eigenvalue weighted by Gasteiger charge is 2.23. The highest BCUT2D eigenvalue weighted by atomic mass is 79.9. The molecular formula is C28H28BrN5O. The van der Waals surface area contributed by atoms with Gasteiger partial charge >= 0.3 is 5.95 Å². The third-order valence-electron chi connectivity index (χ3n) is 5.88. The summed E-state index contributed by atoms with van der Waals surface area (Å²) in [6.45, 7) is 2.80. The maximum absolute atomic E-state index is 12.7. The summed E-state index contributed by atoms with van der Waals surface area (Å²) >= 11 is 0. The van der Waals surface area contributed by atoms with Crippen LogP contribution in [-0.2, 0) is 19.5 Å². The van der Waals surface area contributed by atoms with Gasteiger partial charge in [0.05, 0.1) is 18.2 Å². The number of aryl methyl sites for hydroxylation is 1. The van der Waals surface area contributed by atoms with Crippen molar-refractivity contribution in [2.45, 2.75) is 39.3 Å². The van der Waals surface area contributed by atoms with Gasteiger partial charge in [-0.25, -0.2) is 4.57 Å². The molecule has 178 valence electrons. The smallest absolute Gasteiger partial charge is 0.376 e. The number of hydrogen-bond acceptors (Lipinski definition) is 4. The van der Waals surface area contributed by atoms with E-state index in [2.05, 4.69) is 13.0 Å². The number of nitrogens with zero attached hydrogens (tertiary/aromatic N) is 4. The number of rotatable bonds is 9. The predicted molar refractivity (Wildman–Crippen MR) is 132 cm³/mol. The van der Waals surface area contributed by atoms with Gasteiger partial charge in [-0.05, 0) is 29.2 Å². The minimum absolute atomic E-state index is 0. The number of nitrogen functional groups attached to an aromatic ring is 1. The van der Waals surface area contributed by atoms with Crippen molar-refractivity contribution < 1.29 is 26.5 Å². The van der Waals surface area contributed by atoms with E-state index >= 15 is 0 Å². The van der Waals surface area contributed by atoms with Crippen molar-refractivity contribution in [1.82, 2.24) is 9.67 Å². The lowest BCUT2D eigenvalue weighted by Crippen LogP contribution is -3.00. The van der Waals surface area contributed by atoms with E-state index in [-0.39, 0.29) is 29.3 Å². The number of benzene rings is 3. The number of hydrogen-bond donors (Lipinski definition) is 1. The molecule has 0 aliphatic rings. The predicted octanol–water partition coefficient (Wildman–Crippen LogP) is 1.57. The number of nitriles is 1. The van der Waals surface area contributed by atoms with Crippen molar-refractivity contribution >= 4 is 11.7 Å². The van der Waals surface area contributed by atoms with Crippen molar-refractivity contribution in [2.75, 3.05) is 5.73 Å². The Morgan fingerprint density at radius 1 is 1.03 bits per heavy atom. The Kier molecular flexibility index (Phi) is 8.93. The summed E-state index contributed by atoms with van der Waals surface area (Å²) in [4.78, 5) is 12.7. The van der Waals surface area contributed by atoms with Crippen molar-refractivity contribution in [2.24, 2.45) is 0 Å². The van der Waals surface area contributed by atoms with E-state index in [4.69, 9.17) is 10.8 Å². The second kappa shape index (κ2) is 12.1. The van der Waals surface area contributed by atoms with E-state index < -0.39 is 0 Å². The van der Waals surface area contributed by atoms with Gasteiger partial charge in [0.1, 0.15) is 0 Å². The number of aromatic nitrogens is 3. The molecule has 0 bridgehead atoms. The number of anilines is 1. The fourth-order valence-electron chi connectivity index (χ4n) is 3.98. The van der Waals surface area contributed by atoms with E-state index in [9.17, 15) is 10.1 Å². The molecule has 0 amide bonds. The zero-order valence-corrected chi connectivity index (χ0v) is 21.3. The van der Waals surface area contributed by atoms with Crippen LogP contribution in [0.4, 0.5) is 5.95 Å². The summed E-state index contributed by atoms with van der Waals surface area (Å²) in [7, 11) is 0. The number of carbonyl (C=O) groups excluding carboxylic acids is 1. The first-order valence-corrected chi connectivity index (χ1v) is 11.5. The molecule has 0 aliphatic carbocycles. The molecule has 1 aromatic heterocycles. The van der Waals surface area contributed by atoms with Crippen LogP contribution in [0.1, 0.15) is 47.1 Å². The van der Waals surface area contributed by atoms with Crippen molar-refractivity contribution in [3.05, 3.63) is 101 Å². The Labute approximate surface area is 216 Å². The average Bonchev–Trinajstić information content (AvgIpc) is 3.17. The summed E-state index contributed by atoms with van der Waals surface area (Å²) in [5, 5.41) is 14.1. The summed E-state index contributed by atoms with van der Waals surface area (Å²) in [5.41, 5.74) is 10.8. The van der Waals surface area contributed by atoms with Gasteiger partial charge in [0.15, 0.2) is 12.3 Å². The second-order valence-corrected chi connectivity index (χ2v) is 8.27. The van der Waals surface area contributed by atoms with Gasteiger partial charge in [-0.15, -0.1) is 4.68 Å². The van der Waals surface area contributed by atoms with Crippen LogP contribution in [0.2, 0.25) is 0 Å². The first kappa shape index (κ1) is 25.9. The van der Waals surface area contributed by atoms with Gasteiger partial charge < -0.3 is 17.0 Å². The Balaban J connectivity index is 0.00000342. The van der Waals surface area contributed by atoms with Crippen LogP contribution in [0.3, 0.4) is 0 Å². The molecule has 0 spiro atoms. The Morgan fingerprint density at radius 3 is 2.40 bits per heavy atom. The first-order valence-electron chi connectivity index (χ1n) is 11.5. The van der Waals surface area contributed by atoms with Crippen LogP contribution >= 0.6 is 0 Å². The Hall–Kier alpha value is -3.76. The summed E-state index contributed by atoms with van der Waals surface area (Å²) in [6.07, 6.45) is 2.83. The average molecular weight is 530 g/mol. The third-order valence-corrected chi connectivity index (χ3v) is 5.88. The molecule has 0 atom stereocenters. The molecule has 4 rings (SSSR count).